The van der Waals surface area contributed by atoms with Gasteiger partial charge in [-0.2, -0.15) is 4.98 Å². The predicted octanol–water partition coefficient (Wildman–Crippen LogP) is 3.37. The highest BCUT2D eigenvalue weighted by Gasteiger charge is 2.23. The first kappa shape index (κ1) is 18.1. The third-order valence-electron chi connectivity index (χ3n) is 3.08. The van der Waals surface area contributed by atoms with Gasteiger partial charge in [0.05, 0.1) is 10.7 Å². The molecule has 0 radical (unpaired) electrons. The van der Waals surface area contributed by atoms with Gasteiger partial charge in [-0.15, -0.1) is 23.7 Å². The second-order valence-corrected chi connectivity index (χ2v) is 7.09. The van der Waals surface area contributed by atoms with Crippen molar-refractivity contribution in [3.05, 3.63) is 16.5 Å². The minimum absolute atomic E-state index is 0. The maximum atomic E-state index is 5.38. The van der Waals surface area contributed by atoms with Gasteiger partial charge in [0.2, 0.25) is 0 Å². The van der Waals surface area contributed by atoms with Crippen LogP contribution in [0, 0.1) is 6.92 Å². The fourth-order valence-electron chi connectivity index (χ4n) is 1.72. The molecule has 7 heteroatoms. The molecule has 118 valence electrons. The van der Waals surface area contributed by atoms with Gasteiger partial charge in [0, 0.05) is 17.9 Å². The van der Waals surface area contributed by atoms with E-state index in [9.17, 15) is 0 Å². The summed E-state index contributed by atoms with van der Waals surface area (Å²) >= 11 is 1.63. The van der Waals surface area contributed by atoms with Gasteiger partial charge in [-0.25, -0.2) is 4.98 Å². The smallest absolute Gasteiger partial charge is 0.269 e. The normalized spacial score (nSPS) is 13.0. The van der Waals surface area contributed by atoms with E-state index >= 15 is 0 Å². The van der Waals surface area contributed by atoms with Crippen molar-refractivity contribution in [2.75, 3.05) is 7.05 Å². The van der Waals surface area contributed by atoms with E-state index in [1.165, 1.54) is 0 Å². The van der Waals surface area contributed by atoms with Crippen LogP contribution in [-0.2, 0) is 11.8 Å². The average molecular weight is 331 g/mol. The topological polar surface area (TPSA) is 63.8 Å². The van der Waals surface area contributed by atoms with Crippen LogP contribution in [0.4, 0.5) is 0 Å². The van der Waals surface area contributed by atoms with Crippen LogP contribution in [0.25, 0.3) is 10.8 Å². The van der Waals surface area contributed by atoms with Crippen LogP contribution in [0.3, 0.4) is 0 Å². The Bertz CT molecular complexity index is 588. The van der Waals surface area contributed by atoms with Crippen LogP contribution in [0.1, 0.15) is 44.2 Å². The van der Waals surface area contributed by atoms with Crippen LogP contribution in [0.15, 0.2) is 4.52 Å². The number of likely N-dealkylation sites (N-methyl/N-ethyl adjacent to an activating group) is 1. The van der Waals surface area contributed by atoms with Gasteiger partial charge in [-0.3, -0.25) is 0 Å². The van der Waals surface area contributed by atoms with Crippen LogP contribution in [-0.4, -0.2) is 28.2 Å². The zero-order valence-corrected chi connectivity index (χ0v) is 15.0. The summed E-state index contributed by atoms with van der Waals surface area (Å²) in [5.74, 6) is 1.31. The zero-order valence-electron chi connectivity index (χ0n) is 13.4. The number of nitrogens with zero attached hydrogens (tertiary/aromatic N) is 3. The fourth-order valence-corrected chi connectivity index (χ4v) is 2.77. The largest absolute Gasteiger partial charge is 0.333 e. The number of aromatic nitrogens is 3. The molecule has 2 aromatic rings. The molecule has 0 aromatic carbocycles. The van der Waals surface area contributed by atoms with Crippen molar-refractivity contribution in [3.63, 3.8) is 0 Å². The van der Waals surface area contributed by atoms with E-state index in [1.807, 2.05) is 14.0 Å². The van der Waals surface area contributed by atoms with Crippen molar-refractivity contribution < 1.29 is 4.52 Å². The fraction of sp³-hybridized carbons (Fsp3) is 0.643. The van der Waals surface area contributed by atoms with Gasteiger partial charge in [-0.05, 0) is 20.9 Å². The highest BCUT2D eigenvalue weighted by atomic mass is 35.5. The Labute approximate surface area is 136 Å². The van der Waals surface area contributed by atoms with Crippen molar-refractivity contribution >= 4 is 23.7 Å². The van der Waals surface area contributed by atoms with E-state index in [4.69, 9.17) is 4.52 Å². The third-order valence-corrected chi connectivity index (χ3v) is 4.65. The molecule has 0 aliphatic heterocycles. The Morgan fingerprint density at radius 2 is 1.95 bits per heavy atom. The van der Waals surface area contributed by atoms with E-state index in [1.54, 1.807) is 11.3 Å². The predicted molar refractivity (Wildman–Crippen MR) is 88.3 cm³/mol. The van der Waals surface area contributed by atoms with E-state index in [0.717, 1.165) is 27.8 Å². The number of halogens is 1. The molecule has 5 nitrogen and oxygen atoms in total. The second kappa shape index (κ2) is 6.85. The molecule has 0 saturated heterocycles. The Morgan fingerprint density at radius 1 is 1.29 bits per heavy atom. The summed E-state index contributed by atoms with van der Waals surface area (Å²) in [6, 6.07) is 0.327. The quantitative estimate of drug-likeness (QED) is 0.931. The molecule has 0 amide bonds. The minimum atomic E-state index is 0. The van der Waals surface area contributed by atoms with Gasteiger partial charge in [0.1, 0.15) is 4.88 Å². The molecule has 21 heavy (non-hydrogen) atoms. The number of nitrogens with one attached hydrogen (secondary N) is 1. The first-order valence-electron chi connectivity index (χ1n) is 6.79. The van der Waals surface area contributed by atoms with Gasteiger partial charge >= 0.3 is 0 Å². The molecule has 0 saturated carbocycles. The Hall–Kier alpha value is -0.980. The van der Waals surface area contributed by atoms with Crippen molar-refractivity contribution in [1.82, 2.24) is 20.4 Å². The third kappa shape index (κ3) is 4.25. The van der Waals surface area contributed by atoms with Crippen molar-refractivity contribution in [3.8, 4) is 10.8 Å². The van der Waals surface area contributed by atoms with Crippen molar-refractivity contribution in [2.45, 2.75) is 52.5 Å². The molecule has 1 atom stereocenters. The first-order valence-corrected chi connectivity index (χ1v) is 7.61. The van der Waals surface area contributed by atoms with E-state index in [2.05, 4.69) is 48.1 Å². The molecule has 2 aromatic heterocycles. The zero-order chi connectivity index (χ0) is 14.9. The highest BCUT2D eigenvalue weighted by molar-refractivity contribution is 7.15. The summed E-state index contributed by atoms with van der Waals surface area (Å²) in [4.78, 5) is 10.1. The lowest BCUT2D eigenvalue weighted by atomic mass is 9.98. The molecule has 0 fully saturated rings. The molecule has 0 aliphatic carbocycles. The summed E-state index contributed by atoms with van der Waals surface area (Å²) in [5.41, 5.74) is 0.994. The second-order valence-electron chi connectivity index (χ2n) is 6.09. The van der Waals surface area contributed by atoms with Crippen LogP contribution < -0.4 is 5.32 Å². The summed E-state index contributed by atoms with van der Waals surface area (Å²) in [7, 11) is 1.93. The molecular weight excluding hydrogens is 308 g/mol. The van der Waals surface area contributed by atoms with Crippen LogP contribution in [0.5, 0.6) is 0 Å². The maximum Gasteiger partial charge on any atom is 0.269 e. The standard InChI is InChI=1S/C14H22N4OS.ClH/c1-8(15-6)7-10-17-12(19-18-10)11-9(2)16-13(20-11)14(3,4)5;/h8,15H,7H2,1-6H3;1H. The summed E-state index contributed by atoms with van der Waals surface area (Å²) < 4.78 is 5.38. The van der Waals surface area contributed by atoms with E-state index < -0.39 is 0 Å². The lowest BCUT2D eigenvalue weighted by Crippen LogP contribution is -2.24. The highest BCUT2D eigenvalue weighted by Crippen LogP contribution is 2.34. The molecular formula is C14H23ClN4OS. The average Bonchev–Trinajstić information content (AvgIpc) is 2.94. The molecule has 0 spiro atoms. The first-order chi connectivity index (χ1) is 9.31. The molecule has 0 aliphatic rings. The van der Waals surface area contributed by atoms with Crippen molar-refractivity contribution in [2.24, 2.45) is 0 Å². The lowest BCUT2D eigenvalue weighted by molar-refractivity contribution is 0.418. The molecule has 0 bridgehead atoms. The number of hydrogen-bond acceptors (Lipinski definition) is 6. The monoisotopic (exact) mass is 330 g/mol. The number of rotatable bonds is 4. The SMILES string of the molecule is CNC(C)Cc1noc(-c2sc(C(C)(C)C)nc2C)n1.Cl. The Balaban J connectivity index is 0.00000220. The van der Waals surface area contributed by atoms with Gasteiger partial charge in [-0.1, -0.05) is 25.9 Å². The molecule has 1 unspecified atom stereocenters. The number of aryl methyl sites for hydroxylation is 1. The van der Waals surface area contributed by atoms with E-state index in [0.29, 0.717) is 11.9 Å². The maximum absolute atomic E-state index is 5.38. The lowest BCUT2D eigenvalue weighted by Gasteiger charge is -2.13. The van der Waals surface area contributed by atoms with Crippen LogP contribution >= 0.6 is 23.7 Å². The van der Waals surface area contributed by atoms with Crippen molar-refractivity contribution in [1.29, 1.82) is 0 Å². The summed E-state index contributed by atoms with van der Waals surface area (Å²) in [6.45, 7) is 10.5. The molecule has 2 heterocycles. The Morgan fingerprint density at radius 3 is 2.48 bits per heavy atom. The molecule has 1 N–H and O–H groups in total. The molecule has 2 rings (SSSR count). The van der Waals surface area contributed by atoms with Crippen LogP contribution in [0.2, 0.25) is 0 Å². The van der Waals surface area contributed by atoms with Gasteiger partial charge in [0.25, 0.3) is 5.89 Å². The summed E-state index contributed by atoms with van der Waals surface area (Å²) in [6.07, 6.45) is 0.754. The number of hydrogen-bond donors (Lipinski definition) is 1. The van der Waals surface area contributed by atoms with E-state index in [-0.39, 0.29) is 17.8 Å². The summed E-state index contributed by atoms with van der Waals surface area (Å²) in [5, 5.41) is 8.30. The van der Waals surface area contributed by atoms with Gasteiger partial charge < -0.3 is 9.84 Å². The minimum Gasteiger partial charge on any atom is -0.333 e. The Kier molecular flexibility index (Phi) is 5.90. The number of thiazole rings is 1. The van der Waals surface area contributed by atoms with Gasteiger partial charge in [0.15, 0.2) is 5.82 Å².